The summed E-state index contributed by atoms with van der Waals surface area (Å²) < 4.78 is 22.9. The van der Waals surface area contributed by atoms with E-state index in [0.29, 0.717) is 12.0 Å². The molecule has 9 heteroatoms. The fourth-order valence-electron chi connectivity index (χ4n) is 2.67. The lowest BCUT2D eigenvalue weighted by atomic mass is 10.1. The molecule has 1 aliphatic heterocycles. The minimum absolute atomic E-state index is 0.0104. The summed E-state index contributed by atoms with van der Waals surface area (Å²) in [5.41, 5.74) is 0.611. The average molecular weight is 380 g/mol. The van der Waals surface area contributed by atoms with Crippen molar-refractivity contribution in [3.05, 3.63) is 46.0 Å². The van der Waals surface area contributed by atoms with Crippen molar-refractivity contribution >= 4 is 33.3 Å². The van der Waals surface area contributed by atoms with Gasteiger partial charge in [0.15, 0.2) is 15.6 Å². The normalized spacial score (nSPS) is 18.7. The molecule has 2 rings (SSSR count). The van der Waals surface area contributed by atoms with Gasteiger partial charge in [-0.3, -0.25) is 19.7 Å². The van der Waals surface area contributed by atoms with Crippen molar-refractivity contribution in [2.24, 2.45) is 0 Å². The second-order valence-electron chi connectivity index (χ2n) is 6.21. The van der Waals surface area contributed by atoms with Gasteiger partial charge >= 0.3 is 0 Å². The smallest absolute Gasteiger partial charge is 0.269 e. The van der Waals surface area contributed by atoms with Crippen LogP contribution in [0, 0.1) is 10.1 Å². The molecule has 1 aromatic carbocycles. The Morgan fingerprint density at radius 2 is 1.92 bits per heavy atom. The summed E-state index contributed by atoms with van der Waals surface area (Å²) in [6.45, 7) is 0. The first kappa shape index (κ1) is 19.8. The van der Waals surface area contributed by atoms with Crippen LogP contribution in [-0.4, -0.2) is 54.5 Å². The number of nitro groups is 1. The Balaban J connectivity index is 1.82. The number of hydrogen-bond acceptors (Lipinski definition) is 6. The van der Waals surface area contributed by atoms with Crippen LogP contribution in [0.15, 0.2) is 30.3 Å². The van der Waals surface area contributed by atoms with Crippen LogP contribution in [0.3, 0.4) is 0 Å². The highest BCUT2D eigenvalue weighted by Gasteiger charge is 2.32. The Kier molecular flexibility index (Phi) is 6.25. The molecule has 1 saturated heterocycles. The maximum Gasteiger partial charge on any atom is 0.269 e. The standard InChI is InChI=1S/C17H20N2O6S/c1-18(15-10-11-26(24,25)12-15)17(21)9-8-16(20)7-4-13-2-5-14(6-3-13)19(22)23/h2-7,15H,8-12H2,1H3/b7-4+. The van der Waals surface area contributed by atoms with Gasteiger partial charge in [-0.05, 0) is 30.2 Å². The molecule has 1 fully saturated rings. The third kappa shape index (κ3) is 5.48. The minimum atomic E-state index is -3.07. The lowest BCUT2D eigenvalue weighted by Gasteiger charge is -2.23. The Hall–Kier alpha value is -2.55. The number of ketones is 1. The van der Waals surface area contributed by atoms with Crippen LogP contribution < -0.4 is 0 Å². The summed E-state index contributed by atoms with van der Waals surface area (Å²) in [6, 6.07) is 5.43. The molecule has 140 valence electrons. The zero-order valence-corrected chi connectivity index (χ0v) is 15.1. The maximum absolute atomic E-state index is 12.1. The summed E-state index contributed by atoms with van der Waals surface area (Å²) in [5, 5.41) is 10.6. The number of amides is 1. The molecule has 1 aromatic rings. The van der Waals surface area contributed by atoms with Crippen LogP contribution in [-0.2, 0) is 19.4 Å². The zero-order chi connectivity index (χ0) is 19.3. The quantitative estimate of drug-likeness (QED) is 0.403. The second kappa shape index (κ2) is 8.22. The van der Waals surface area contributed by atoms with E-state index in [1.165, 1.54) is 41.3 Å². The summed E-state index contributed by atoms with van der Waals surface area (Å²) in [7, 11) is -1.51. The van der Waals surface area contributed by atoms with E-state index < -0.39 is 14.8 Å². The molecule has 0 radical (unpaired) electrons. The van der Waals surface area contributed by atoms with Crippen molar-refractivity contribution in [3.8, 4) is 0 Å². The molecule has 0 saturated carbocycles. The van der Waals surface area contributed by atoms with Crippen molar-refractivity contribution in [2.45, 2.75) is 25.3 Å². The van der Waals surface area contributed by atoms with Gasteiger partial charge in [-0.1, -0.05) is 6.08 Å². The topological polar surface area (TPSA) is 115 Å². The van der Waals surface area contributed by atoms with Crippen LogP contribution >= 0.6 is 0 Å². The predicted octanol–water partition coefficient (Wildman–Crippen LogP) is 1.60. The van der Waals surface area contributed by atoms with E-state index in [2.05, 4.69) is 0 Å². The van der Waals surface area contributed by atoms with E-state index in [1.54, 1.807) is 7.05 Å². The number of sulfone groups is 1. The minimum Gasteiger partial charge on any atom is -0.342 e. The zero-order valence-electron chi connectivity index (χ0n) is 14.3. The van der Waals surface area contributed by atoms with Gasteiger partial charge in [0.1, 0.15) is 0 Å². The monoisotopic (exact) mass is 380 g/mol. The first-order chi connectivity index (χ1) is 12.2. The van der Waals surface area contributed by atoms with Gasteiger partial charge in [0.2, 0.25) is 5.91 Å². The van der Waals surface area contributed by atoms with E-state index in [0.717, 1.165) is 0 Å². The summed E-state index contributed by atoms with van der Waals surface area (Å²) in [4.78, 5) is 35.5. The van der Waals surface area contributed by atoms with E-state index in [9.17, 15) is 28.1 Å². The lowest BCUT2D eigenvalue weighted by Crippen LogP contribution is -2.37. The van der Waals surface area contributed by atoms with Gasteiger partial charge in [-0.25, -0.2) is 8.42 Å². The molecule has 0 aliphatic carbocycles. The third-order valence-electron chi connectivity index (χ3n) is 4.30. The van der Waals surface area contributed by atoms with Crippen molar-refractivity contribution in [2.75, 3.05) is 18.6 Å². The molecule has 8 nitrogen and oxygen atoms in total. The van der Waals surface area contributed by atoms with Crippen LogP contribution in [0.4, 0.5) is 5.69 Å². The Morgan fingerprint density at radius 3 is 2.46 bits per heavy atom. The van der Waals surface area contributed by atoms with Crippen LogP contribution in [0.25, 0.3) is 6.08 Å². The fourth-order valence-corrected chi connectivity index (χ4v) is 4.44. The SMILES string of the molecule is CN(C(=O)CCC(=O)/C=C/c1ccc([N+](=O)[O-])cc1)C1CCS(=O)(=O)C1. The number of nitrogens with zero attached hydrogens (tertiary/aromatic N) is 2. The van der Waals surface area contributed by atoms with Crippen molar-refractivity contribution in [1.29, 1.82) is 0 Å². The Labute approximate surface area is 151 Å². The first-order valence-electron chi connectivity index (χ1n) is 8.09. The van der Waals surface area contributed by atoms with Crippen molar-refractivity contribution in [3.63, 3.8) is 0 Å². The van der Waals surface area contributed by atoms with Gasteiger partial charge in [0.05, 0.1) is 16.4 Å². The molecule has 1 unspecified atom stereocenters. The highest BCUT2D eigenvalue weighted by atomic mass is 32.2. The molecule has 0 bridgehead atoms. The average Bonchev–Trinajstić information content (AvgIpc) is 2.97. The molecule has 0 spiro atoms. The number of nitro benzene ring substituents is 1. The molecular weight excluding hydrogens is 360 g/mol. The van der Waals surface area contributed by atoms with Crippen molar-refractivity contribution < 1.29 is 22.9 Å². The molecule has 1 heterocycles. The van der Waals surface area contributed by atoms with Gasteiger partial charge in [0.25, 0.3) is 5.69 Å². The number of allylic oxidation sites excluding steroid dienone is 1. The maximum atomic E-state index is 12.1. The van der Waals surface area contributed by atoms with Gasteiger partial charge in [-0.2, -0.15) is 0 Å². The van der Waals surface area contributed by atoms with Gasteiger partial charge in [-0.15, -0.1) is 0 Å². The highest BCUT2D eigenvalue weighted by molar-refractivity contribution is 7.91. The van der Waals surface area contributed by atoms with Crippen molar-refractivity contribution in [1.82, 2.24) is 4.90 Å². The van der Waals surface area contributed by atoms with Crippen LogP contribution in [0.2, 0.25) is 0 Å². The van der Waals surface area contributed by atoms with E-state index in [4.69, 9.17) is 0 Å². The molecular formula is C17H20N2O6S. The van der Waals surface area contributed by atoms with Gasteiger partial charge < -0.3 is 4.90 Å². The van der Waals surface area contributed by atoms with Crippen LogP contribution in [0.1, 0.15) is 24.8 Å². The van der Waals surface area contributed by atoms with E-state index >= 15 is 0 Å². The summed E-state index contributed by atoms with van der Waals surface area (Å²) in [6.07, 6.45) is 3.32. The van der Waals surface area contributed by atoms with Gasteiger partial charge in [0, 0.05) is 38.1 Å². The lowest BCUT2D eigenvalue weighted by molar-refractivity contribution is -0.384. The summed E-state index contributed by atoms with van der Waals surface area (Å²) >= 11 is 0. The predicted molar refractivity (Wildman–Crippen MR) is 96.2 cm³/mol. The molecule has 1 aliphatic rings. The molecule has 1 atom stereocenters. The third-order valence-corrected chi connectivity index (χ3v) is 6.05. The molecule has 0 N–H and O–H groups in total. The summed E-state index contributed by atoms with van der Waals surface area (Å²) in [5.74, 6) is -0.441. The van der Waals surface area contributed by atoms with E-state index in [-0.39, 0.29) is 47.8 Å². The Morgan fingerprint density at radius 1 is 1.27 bits per heavy atom. The largest absolute Gasteiger partial charge is 0.342 e. The number of carbonyl (C=O) groups excluding carboxylic acids is 2. The van der Waals surface area contributed by atoms with E-state index in [1.807, 2.05) is 0 Å². The number of rotatable bonds is 7. The molecule has 26 heavy (non-hydrogen) atoms. The number of benzene rings is 1. The highest BCUT2D eigenvalue weighted by Crippen LogP contribution is 2.17. The number of non-ortho nitro benzene ring substituents is 1. The fraction of sp³-hybridized carbons (Fsp3) is 0.412. The van der Waals surface area contributed by atoms with Crippen LogP contribution in [0.5, 0.6) is 0 Å². The molecule has 1 amide bonds. The Bertz CT molecular complexity index is 829. The second-order valence-corrected chi connectivity index (χ2v) is 8.44. The number of hydrogen-bond donors (Lipinski definition) is 0. The first-order valence-corrected chi connectivity index (χ1v) is 9.91. The number of carbonyl (C=O) groups is 2. The molecule has 0 aromatic heterocycles.